The molecule has 0 atom stereocenters. The van der Waals surface area contributed by atoms with Gasteiger partial charge in [-0.3, -0.25) is 0 Å². The number of hydrogen-bond acceptors (Lipinski definition) is 2. The van der Waals surface area contributed by atoms with Gasteiger partial charge in [-0.15, -0.1) is 0 Å². The number of fused-ring (bicyclic) bond motifs is 1. The lowest BCUT2D eigenvalue weighted by Gasteiger charge is -2.17. The van der Waals surface area contributed by atoms with Crippen LogP contribution >= 0.6 is 0 Å². The lowest BCUT2D eigenvalue weighted by molar-refractivity contribution is 1.33. The lowest BCUT2D eigenvalue weighted by Crippen LogP contribution is -2.05. The maximum Gasteiger partial charge on any atom is 0.0659 e. The molecule has 102 valence electrons. The summed E-state index contributed by atoms with van der Waals surface area (Å²) in [6, 6.07) is 8.24. The first-order valence-electron chi connectivity index (χ1n) is 6.65. The monoisotopic (exact) mass is 264 g/mol. The third-order valence-corrected chi connectivity index (χ3v) is 3.44. The van der Waals surface area contributed by atoms with Crippen LogP contribution in [0.2, 0.25) is 0 Å². The zero-order valence-corrected chi connectivity index (χ0v) is 11.8. The fraction of sp³-hybridized carbons (Fsp3) is 0.111. The lowest BCUT2D eigenvalue weighted by atomic mass is 9.96. The van der Waals surface area contributed by atoms with Gasteiger partial charge >= 0.3 is 0 Å². The topological polar surface area (TPSA) is 38.0 Å². The highest BCUT2D eigenvalue weighted by atomic mass is 14.9. The van der Waals surface area contributed by atoms with Gasteiger partial charge in [-0.25, -0.2) is 0 Å². The maximum atomic E-state index is 6.29. The number of benzene rings is 2. The Kier molecular flexibility index (Phi) is 4.26. The molecule has 0 bridgehead atoms. The van der Waals surface area contributed by atoms with Gasteiger partial charge in [-0.1, -0.05) is 61.7 Å². The molecule has 0 amide bonds. The number of allylic oxidation sites excluding steroid dienone is 2. The summed E-state index contributed by atoms with van der Waals surface area (Å²) in [5, 5.41) is 5.68. The van der Waals surface area contributed by atoms with Crippen LogP contribution in [0.5, 0.6) is 0 Å². The van der Waals surface area contributed by atoms with E-state index >= 15 is 0 Å². The molecular formula is C18H20N2. The maximum absolute atomic E-state index is 6.29. The van der Waals surface area contributed by atoms with Gasteiger partial charge in [-0.2, -0.15) is 0 Å². The highest BCUT2D eigenvalue weighted by Crippen LogP contribution is 2.36. The van der Waals surface area contributed by atoms with E-state index in [1.807, 2.05) is 37.3 Å². The molecule has 0 fully saturated rings. The summed E-state index contributed by atoms with van der Waals surface area (Å²) in [5.41, 5.74) is 10.2. The van der Waals surface area contributed by atoms with Crippen molar-refractivity contribution in [3.63, 3.8) is 0 Å². The molecule has 0 saturated heterocycles. The van der Waals surface area contributed by atoms with Crippen molar-refractivity contribution in [2.45, 2.75) is 6.92 Å². The number of rotatable bonds is 5. The van der Waals surface area contributed by atoms with E-state index in [0.717, 1.165) is 27.9 Å². The van der Waals surface area contributed by atoms with Crippen LogP contribution in [-0.2, 0) is 0 Å². The van der Waals surface area contributed by atoms with Gasteiger partial charge in [-0.05, 0) is 23.4 Å². The molecule has 2 nitrogen and oxygen atoms in total. The number of nitrogen functional groups attached to an aromatic ring is 1. The summed E-state index contributed by atoms with van der Waals surface area (Å²) in [6.07, 6.45) is 7.55. The largest absolute Gasteiger partial charge is 0.397 e. The highest BCUT2D eigenvalue weighted by Gasteiger charge is 2.12. The van der Waals surface area contributed by atoms with Crippen molar-refractivity contribution in [1.29, 1.82) is 0 Å². The first kappa shape index (κ1) is 13.9. The molecule has 20 heavy (non-hydrogen) atoms. The molecule has 0 unspecified atom stereocenters. The number of anilines is 2. The predicted octanol–water partition coefficient (Wildman–Crippen LogP) is 4.53. The number of hydrogen-bond donors (Lipinski definition) is 2. The van der Waals surface area contributed by atoms with Crippen LogP contribution in [0.3, 0.4) is 0 Å². The van der Waals surface area contributed by atoms with E-state index in [2.05, 4.69) is 30.6 Å². The molecule has 0 spiro atoms. The van der Waals surface area contributed by atoms with Crippen LogP contribution in [0.15, 0.2) is 55.7 Å². The Balaban J connectivity index is 2.58. The molecule has 0 aliphatic carbocycles. The van der Waals surface area contributed by atoms with Crippen molar-refractivity contribution in [3.8, 4) is 0 Å². The van der Waals surface area contributed by atoms with Crippen LogP contribution in [0.25, 0.3) is 16.8 Å². The van der Waals surface area contributed by atoms with Crippen LogP contribution in [0.1, 0.15) is 11.1 Å². The second-order valence-corrected chi connectivity index (χ2v) is 4.62. The van der Waals surface area contributed by atoms with Crippen molar-refractivity contribution in [2.24, 2.45) is 0 Å². The zero-order chi connectivity index (χ0) is 14.5. The van der Waals surface area contributed by atoms with Crippen LogP contribution in [-0.4, -0.2) is 6.54 Å². The summed E-state index contributed by atoms with van der Waals surface area (Å²) in [5.74, 6) is 0. The summed E-state index contributed by atoms with van der Waals surface area (Å²) >= 11 is 0. The van der Waals surface area contributed by atoms with Crippen molar-refractivity contribution >= 4 is 28.2 Å². The molecule has 0 saturated carbocycles. The minimum Gasteiger partial charge on any atom is -0.397 e. The first-order valence-corrected chi connectivity index (χ1v) is 6.65. The fourth-order valence-electron chi connectivity index (χ4n) is 2.39. The Morgan fingerprint density at radius 3 is 2.55 bits per heavy atom. The molecule has 0 aliphatic heterocycles. The van der Waals surface area contributed by atoms with Gasteiger partial charge < -0.3 is 11.1 Å². The smallest absolute Gasteiger partial charge is 0.0659 e. The van der Waals surface area contributed by atoms with E-state index in [0.29, 0.717) is 6.54 Å². The Morgan fingerprint density at radius 1 is 1.20 bits per heavy atom. The zero-order valence-electron chi connectivity index (χ0n) is 11.8. The van der Waals surface area contributed by atoms with Gasteiger partial charge in [0.1, 0.15) is 0 Å². The third kappa shape index (κ3) is 2.45. The van der Waals surface area contributed by atoms with Crippen molar-refractivity contribution in [1.82, 2.24) is 0 Å². The molecular weight excluding hydrogens is 244 g/mol. The van der Waals surface area contributed by atoms with Crippen LogP contribution < -0.4 is 11.1 Å². The summed E-state index contributed by atoms with van der Waals surface area (Å²) in [4.78, 5) is 0. The minimum absolute atomic E-state index is 0.715. The van der Waals surface area contributed by atoms with Gasteiger partial charge in [0.05, 0.1) is 11.4 Å². The second kappa shape index (κ2) is 6.11. The third-order valence-electron chi connectivity index (χ3n) is 3.44. The first-order chi connectivity index (χ1) is 9.70. The van der Waals surface area contributed by atoms with Gasteiger partial charge in [0, 0.05) is 11.9 Å². The summed E-state index contributed by atoms with van der Waals surface area (Å²) < 4.78 is 0. The van der Waals surface area contributed by atoms with E-state index in [1.165, 1.54) is 5.39 Å². The van der Waals surface area contributed by atoms with Crippen molar-refractivity contribution in [3.05, 3.63) is 66.8 Å². The fourth-order valence-corrected chi connectivity index (χ4v) is 2.39. The van der Waals surface area contributed by atoms with Crippen molar-refractivity contribution < 1.29 is 0 Å². The second-order valence-electron chi connectivity index (χ2n) is 4.62. The Hall–Kier alpha value is -2.48. The predicted molar refractivity (Wildman–Crippen MR) is 91.0 cm³/mol. The van der Waals surface area contributed by atoms with E-state index in [4.69, 9.17) is 5.73 Å². The van der Waals surface area contributed by atoms with Crippen LogP contribution in [0, 0.1) is 6.92 Å². The average Bonchev–Trinajstić information content (AvgIpc) is 2.47. The van der Waals surface area contributed by atoms with Crippen molar-refractivity contribution in [2.75, 3.05) is 17.6 Å². The molecule has 0 aliphatic rings. The van der Waals surface area contributed by atoms with E-state index in [9.17, 15) is 0 Å². The molecule has 3 N–H and O–H groups in total. The molecule has 2 rings (SSSR count). The molecule has 0 heterocycles. The standard InChI is InChI=1S/C18H20N2/c1-4-6-9-12-20-18-16-11-8-7-10-15(16)14(5-2)13(3)17(18)19/h4-11,20H,1-2,12,19H2,3H3/b9-6-. The molecule has 2 aromatic carbocycles. The summed E-state index contributed by atoms with van der Waals surface area (Å²) in [7, 11) is 0. The number of nitrogens with one attached hydrogen (secondary N) is 1. The summed E-state index contributed by atoms with van der Waals surface area (Å²) in [6.45, 7) is 10.3. The molecule has 0 aromatic heterocycles. The Labute approximate surface area is 120 Å². The average molecular weight is 264 g/mol. The van der Waals surface area contributed by atoms with E-state index in [-0.39, 0.29) is 0 Å². The SMILES string of the molecule is C=C/C=C\CNc1c(N)c(C)c(C=C)c2ccccc12. The quantitative estimate of drug-likeness (QED) is 0.615. The minimum atomic E-state index is 0.715. The van der Waals surface area contributed by atoms with Gasteiger partial charge in [0.15, 0.2) is 0 Å². The molecule has 2 heteroatoms. The van der Waals surface area contributed by atoms with E-state index < -0.39 is 0 Å². The Morgan fingerprint density at radius 2 is 1.90 bits per heavy atom. The van der Waals surface area contributed by atoms with Gasteiger partial charge in [0.2, 0.25) is 0 Å². The highest BCUT2D eigenvalue weighted by molar-refractivity contribution is 6.05. The number of nitrogens with two attached hydrogens (primary N) is 1. The molecule has 0 radical (unpaired) electrons. The van der Waals surface area contributed by atoms with E-state index in [1.54, 1.807) is 6.08 Å². The molecule has 2 aromatic rings. The normalized spacial score (nSPS) is 10.8. The van der Waals surface area contributed by atoms with Gasteiger partial charge in [0.25, 0.3) is 0 Å². The van der Waals surface area contributed by atoms with Crippen LogP contribution in [0.4, 0.5) is 11.4 Å². The Bertz CT molecular complexity index is 681.